The molecule has 1 aliphatic heterocycles. The van der Waals surface area contributed by atoms with Crippen LogP contribution in [0.15, 0.2) is 6.20 Å². The summed E-state index contributed by atoms with van der Waals surface area (Å²) in [5, 5.41) is 4.85. The lowest BCUT2D eigenvalue weighted by molar-refractivity contribution is 0.414. The smallest absolute Gasteiger partial charge is 0.143 e. The molecule has 4 nitrogen and oxygen atoms in total. The van der Waals surface area contributed by atoms with Gasteiger partial charge in [0.1, 0.15) is 11.5 Å². The van der Waals surface area contributed by atoms with E-state index in [-0.39, 0.29) is 0 Å². The van der Waals surface area contributed by atoms with Crippen LogP contribution in [-0.4, -0.2) is 21.1 Å². The molecule has 18 heavy (non-hydrogen) atoms. The molecular formula is C14H20N4. The highest BCUT2D eigenvalue weighted by atomic mass is 15.0. The summed E-state index contributed by atoms with van der Waals surface area (Å²) in [6.07, 6.45) is 6.02. The van der Waals surface area contributed by atoms with E-state index in [1.54, 1.807) is 0 Å². The van der Waals surface area contributed by atoms with Crippen LogP contribution < -0.4 is 5.32 Å². The van der Waals surface area contributed by atoms with E-state index in [0.717, 1.165) is 23.7 Å². The Morgan fingerprint density at radius 2 is 2.11 bits per heavy atom. The number of aryl methyl sites for hydroxylation is 3. The molecule has 0 amide bonds. The lowest BCUT2D eigenvalue weighted by atomic mass is 9.97. The topological polar surface area (TPSA) is 42.7 Å². The SMILES string of the molecule is Cc1nc(C)c2c(C3CCCCN3)cn(C)c2n1. The van der Waals surface area contributed by atoms with Gasteiger partial charge in [0.25, 0.3) is 0 Å². The van der Waals surface area contributed by atoms with Gasteiger partial charge >= 0.3 is 0 Å². The third-order valence-electron chi connectivity index (χ3n) is 3.82. The van der Waals surface area contributed by atoms with Crippen LogP contribution in [0, 0.1) is 13.8 Å². The van der Waals surface area contributed by atoms with Gasteiger partial charge in [0.15, 0.2) is 0 Å². The lowest BCUT2D eigenvalue weighted by Gasteiger charge is -2.23. The first kappa shape index (κ1) is 11.7. The van der Waals surface area contributed by atoms with Crippen molar-refractivity contribution in [2.24, 2.45) is 7.05 Å². The van der Waals surface area contributed by atoms with Crippen molar-refractivity contribution < 1.29 is 0 Å². The maximum Gasteiger partial charge on any atom is 0.143 e. The minimum atomic E-state index is 0.465. The first-order valence-corrected chi connectivity index (χ1v) is 6.70. The highest BCUT2D eigenvalue weighted by Crippen LogP contribution is 2.31. The van der Waals surface area contributed by atoms with E-state index in [1.165, 1.54) is 30.2 Å². The molecule has 2 aromatic rings. The van der Waals surface area contributed by atoms with Crippen molar-refractivity contribution in [2.45, 2.75) is 39.2 Å². The van der Waals surface area contributed by atoms with Gasteiger partial charge < -0.3 is 9.88 Å². The van der Waals surface area contributed by atoms with E-state index >= 15 is 0 Å². The van der Waals surface area contributed by atoms with Gasteiger partial charge in [0, 0.05) is 24.7 Å². The van der Waals surface area contributed by atoms with Crippen molar-refractivity contribution >= 4 is 11.0 Å². The average Bonchev–Trinajstić information content (AvgIpc) is 2.68. The van der Waals surface area contributed by atoms with Gasteiger partial charge in [0.2, 0.25) is 0 Å². The van der Waals surface area contributed by atoms with E-state index in [4.69, 9.17) is 0 Å². The standard InChI is InChI=1S/C14H20N4/c1-9-13-11(12-6-4-5-7-15-12)8-18(3)14(13)17-10(2)16-9/h8,12,15H,4-7H2,1-3H3. The molecule has 1 atom stereocenters. The zero-order valence-electron chi connectivity index (χ0n) is 11.3. The summed E-state index contributed by atoms with van der Waals surface area (Å²) in [6.45, 7) is 5.16. The molecule has 96 valence electrons. The Bertz CT molecular complexity index is 579. The maximum absolute atomic E-state index is 4.58. The zero-order valence-corrected chi connectivity index (χ0v) is 11.3. The fourth-order valence-corrected chi connectivity index (χ4v) is 3.00. The average molecular weight is 244 g/mol. The van der Waals surface area contributed by atoms with Crippen molar-refractivity contribution in [1.29, 1.82) is 0 Å². The van der Waals surface area contributed by atoms with Crippen molar-refractivity contribution in [3.63, 3.8) is 0 Å². The fraction of sp³-hybridized carbons (Fsp3) is 0.571. The molecule has 1 saturated heterocycles. The second-order valence-electron chi connectivity index (χ2n) is 5.25. The number of nitrogens with one attached hydrogen (secondary N) is 1. The van der Waals surface area contributed by atoms with Crippen LogP contribution in [0.5, 0.6) is 0 Å². The van der Waals surface area contributed by atoms with Gasteiger partial charge in [-0.1, -0.05) is 6.42 Å². The first-order valence-electron chi connectivity index (χ1n) is 6.70. The molecule has 3 heterocycles. The van der Waals surface area contributed by atoms with Crippen LogP contribution in [0.4, 0.5) is 0 Å². The van der Waals surface area contributed by atoms with Crippen LogP contribution in [0.2, 0.25) is 0 Å². The minimum absolute atomic E-state index is 0.465. The quantitative estimate of drug-likeness (QED) is 0.837. The number of aromatic nitrogens is 3. The predicted molar refractivity (Wildman–Crippen MR) is 72.6 cm³/mol. The molecule has 2 aromatic heterocycles. The van der Waals surface area contributed by atoms with Gasteiger partial charge in [0.05, 0.1) is 5.69 Å². The molecule has 3 rings (SSSR count). The van der Waals surface area contributed by atoms with Crippen LogP contribution >= 0.6 is 0 Å². The molecule has 0 saturated carbocycles. The summed E-state index contributed by atoms with van der Waals surface area (Å²) in [6, 6.07) is 0.465. The Hall–Kier alpha value is -1.42. The fourth-order valence-electron chi connectivity index (χ4n) is 3.00. The normalized spacial score (nSPS) is 20.5. The summed E-state index contributed by atoms with van der Waals surface area (Å²) in [5.41, 5.74) is 3.52. The van der Waals surface area contributed by atoms with Gasteiger partial charge in [-0.25, -0.2) is 9.97 Å². The van der Waals surface area contributed by atoms with E-state index in [2.05, 4.69) is 40.0 Å². The first-order chi connectivity index (χ1) is 8.66. The Kier molecular flexibility index (Phi) is 2.82. The lowest BCUT2D eigenvalue weighted by Crippen LogP contribution is -2.26. The summed E-state index contributed by atoms with van der Waals surface area (Å²) in [5.74, 6) is 0.851. The van der Waals surface area contributed by atoms with E-state index in [1.807, 2.05) is 6.92 Å². The number of nitrogens with zero attached hydrogens (tertiary/aromatic N) is 3. The molecule has 0 aromatic carbocycles. The third-order valence-corrected chi connectivity index (χ3v) is 3.82. The molecule has 1 unspecified atom stereocenters. The Labute approximate surface area is 107 Å². The summed E-state index contributed by atoms with van der Waals surface area (Å²) in [4.78, 5) is 9.09. The van der Waals surface area contributed by atoms with E-state index in [9.17, 15) is 0 Å². The number of hydrogen-bond donors (Lipinski definition) is 1. The maximum atomic E-state index is 4.58. The molecule has 0 bridgehead atoms. The van der Waals surface area contributed by atoms with Gasteiger partial charge in [-0.05, 0) is 38.8 Å². The van der Waals surface area contributed by atoms with Crippen LogP contribution in [0.3, 0.4) is 0 Å². The molecule has 0 aliphatic carbocycles. The summed E-state index contributed by atoms with van der Waals surface area (Å²) < 4.78 is 2.13. The summed E-state index contributed by atoms with van der Waals surface area (Å²) >= 11 is 0. The van der Waals surface area contributed by atoms with Gasteiger partial charge in [-0.3, -0.25) is 0 Å². The molecule has 1 fully saturated rings. The highest BCUT2D eigenvalue weighted by molar-refractivity contribution is 5.83. The number of rotatable bonds is 1. The van der Waals surface area contributed by atoms with Crippen molar-refractivity contribution in [1.82, 2.24) is 19.9 Å². The van der Waals surface area contributed by atoms with Crippen LogP contribution in [-0.2, 0) is 7.05 Å². The zero-order chi connectivity index (χ0) is 12.7. The molecule has 1 aliphatic rings. The molecule has 1 N–H and O–H groups in total. The second kappa shape index (κ2) is 4.35. The number of hydrogen-bond acceptors (Lipinski definition) is 3. The number of piperidine rings is 1. The Morgan fingerprint density at radius 3 is 2.83 bits per heavy atom. The monoisotopic (exact) mass is 244 g/mol. The largest absolute Gasteiger partial charge is 0.335 e. The van der Waals surface area contributed by atoms with E-state index in [0.29, 0.717) is 6.04 Å². The van der Waals surface area contributed by atoms with Crippen LogP contribution in [0.1, 0.15) is 42.4 Å². The molecular weight excluding hydrogens is 224 g/mol. The molecule has 4 heteroatoms. The third kappa shape index (κ3) is 1.81. The van der Waals surface area contributed by atoms with Gasteiger partial charge in [-0.15, -0.1) is 0 Å². The Morgan fingerprint density at radius 1 is 1.28 bits per heavy atom. The summed E-state index contributed by atoms with van der Waals surface area (Å²) in [7, 11) is 2.07. The number of fused-ring (bicyclic) bond motifs is 1. The second-order valence-corrected chi connectivity index (χ2v) is 5.25. The van der Waals surface area contributed by atoms with Gasteiger partial charge in [-0.2, -0.15) is 0 Å². The van der Waals surface area contributed by atoms with Crippen molar-refractivity contribution in [3.8, 4) is 0 Å². The molecule has 0 spiro atoms. The highest BCUT2D eigenvalue weighted by Gasteiger charge is 2.21. The molecule has 0 radical (unpaired) electrons. The minimum Gasteiger partial charge on any atom is -0.335 e. The van der Waals surface area contributed by atoms with Crippen molar-refractivity contribution in [3.05, 3.63) is 23.3 Å². The van der Waals surface area contributed by atoms with E-state index < -0.39 is 0 Å². The van der Waals surface area contributed by atoms with Crippen molar-refractivity contribution in [2.75, 3.05) is 6.54 Å². The predicted octanol–water partition coefficient (Wildman–Crippen LogP) is 2.40. The van der Waals surface area contributed by atoms with Crippen LogP contribution in [0.25, 0.3) is 11.0 Å². The Balaban J connectivity index is 2.17.